The third-order valence-corrected chi connectivity index (χ3v) is 6.21. The van der Waals surface area contributed by atoms with Crippen LogP contribution in [0.15, 0.2) is 47.4 Å². The van der Waals surface area contributed by atoms with E-state index < -0.39 is 6.10 Å². The number of unbranched alkanes of at least 4 members (excludes halogenated alkanes) is 3. The zero-order valence-corrected chi connectivity index (χ0v) is 19.4. The number of rotatable bonds is 16. The van der Waals surface area contributed by atoms with Gasteiger partial charge >= 0.3 is 0 Å². The van der Waals surface area contributed by atoms with Crippen molar-refractivity contribution < 1.29 is 20.1 Å². The number of aliphatic hydroxyl groups is 2. The lowest BCUT2D eigenvalue weighted by molar-refractivity contribution is 0.131. The van der Waals surface area contributed by atoms with Gasteiger partial charge in [0, 0.05) is 36.0 Å². The molecule has 0 amide bonds. The molecule has 0 saturated carbocycles. The summed E-state index contributed by atoms with van der Waals surface area (Å²) in [6, 6.07) is 13.5. The summed E-state index contributed by atoms with van der Waals surface area (Å²) in [6.45, 7) is 4.84. The Kier molecular flexibility index (Phi) is 12.7. The van der Waals surface area contributed by atoms with Crippen LogP contribution in [0.3, 0.4) is 0 Å². The summed E-state index contributed by atoms with van der Waals surface area (Å²) < 4.78 is 5.73. The topological polar surface area (TPSA) is 82.0 Å². The number of ether oxygens (including phenoxy) is 1. The third kappa shape index (κ3) is 10.5. The molecule has 0 heterocycles. The van der Waals surface area contributed by atoms with Crippen molar-refractivity contribution in [3.05, 3.63) is 59.2 Å². The molecule has 172 valence electrons. The van der Waals surface area contributed by atoms with Crippen LogP contribution < -0.4 is 5.32 Å². The molecule has 2 aromatic rings. The van der Waals surface area contributed by atoms with Crippen LogP contribution in [-0.4, -0.2) is 47.4 Å². The maximum atomic E-state index is 10.2. The molecule has 2 rings (SSSR count). The summed E-state index contributed by atoms with van der Waals surface area (Å²) >= 11 is 1.88. The van der Waals surface area contributed by atoms with E-state index in [1.807, 2.05) is 11.8 Å². The smallest absolute Gasteiger partial charge is 0.121 e. The Labute approximate surface area is 190 Å². The van der Waals surface area contributed by atoms with E-state index in [-0.39, 0.29) is 12.4 Å². The van der Waals surface area contributed by atoms with Crippen molar-refractivity contribution in [1.82, 2.24) is 5.32 Å². The predicted molar refractivity (Wildman–Crippen MR) is 128 cm³/mol. The predicted octanol–water partition coefficient (Wildman–Crippen LogP) is 4.58. The molecule has 2 aromatic carbocycles. The van der Waals surface area contributed by atoms with Gasteiger partial charge in [-0.25, -0.2) is 0 Å². The van der Waals surface area contributed by atoms with Gasteiger partial charge in [-0.1, -0.05) is 36.6 Å². The number of aliphatic hydroxyl groups excluding tert-OH is 2. The van der Waals surface area contributed by atoms with Gasteiger partial charge in [0.25, 0.3) is 0 Å². The number of phenols is 1. The summed E-state index contributed by atoms with van der Waals surface area (Å²) in [5.41, 5.74) is 2.43. The Bertz CT molecular complexity index is 739. The van der Waals surface area contributed by atoms with Crippen molar-refractivity contribution in [2.45, 2.75) is 56.6 Å². The van der Waals surface area contributed by atoms with Crippen molar-refractivity contribution in [2.24, 2.45) is 0 Å². The van der Waals surface area contributed by atoms with Gasteiger partial charge in [-0.2, -0.15) is 0 Å². The van der Waals surface area contributed by atoms with E-state index in [2.05, 4.69) is 36.5 Å². The molecule has 0 bridgehead atoms. The number of nitrogens with one attached hydrogen (secondary N) is 1. The molecule has 1 atom stereocenters. The summed E-state index contributed by atoms with van der Waals surface area (Å²) in [7, 11) is 0. The highest BCUT2D eigenvalue weighted by Gasteiger charge is 2.09. The Balaban J connectivity index is 1.39. The molecule has 0 fully saturated rings. The quantitative estimate of drug-likeness (QED) is 0.223. The first-order valence-corrected chi connectivity index (χ1v) is 12.2. The molecular formula is C25H37NO4S. The fourth-order valence-corrected chi connectivity index (χ4v) is 4.02. The maximum absolute atomic E-state index is 10.2. The highest BCUT2D eigenvalue weighted by atomic mass is 32.2. The van der Waals surface area contributed by atoms with Crippen molar-refractivity contribution in [1.29, 1.82) is 0 Å². The highest BCUT2D eigenvalue weighted by Crippen LogP contribution is 2.22. The molecule has 0 aliphatic heterocycles. The SMILES string of the molecule is Cc1ccc(SCCCOCCCCCCNCC(O)c2ccc(O)c(CO)c2)cc1. The molecule has 31 heavy (non-hydrogen) atoms. The van der Waals surface area contributed by atoms with Gasteiger partial charge in [0.15, 0.2) is 0 Å². The van der Waals surface area contributed by atoms with Crippen LogP contribution >= 0.6 is 11.8 Å². The first-order chi connectivity index (χ1) is 15.1. The Morgan fingerprint density at radius 3 is 2.48 bits per heavy atom. The van der Waals surface area contributed by atoms with Gasteiger partial charge in [0.05, 0.1) is 12.7 Å². The molecule has 0 aromatic heterocycles. The van der Waals surface area contributed by atoms with Gasteiger partial charge in [0.1, 0.15) is 5.75 Å². The second kappa shape index (κ2) is 15.3. The minimum atomic E-state index is -0.650. The lowest BCUT2D eigenvalue weighted by Gasteiger charge is -2.14. The van der Waals surface area contributed by atoms with E-state index >= 15 is 0 Å². The normalized spacial score (nSPS) is 12.2. The Morgan fingerprint density at radius 2 is 1.71 bits per heavy atom. The lowest BCUT2D eigenvalue weighted by atomic mass is 10.1. The number of hydrogen-bond donors (Lipinski definition) is 4. The van der Waals surface area contributed by atoms with Crippen molar-refractivity contribution in [3.63, 3.8) is 0 Å². The first-order valence-electron chi connectivity index (χ1n) is 11.2. The Morgan fingerprint density at radius 1 is 0.968 bits per heavy atom. The van der Waals surface area contributed by atoms with Crippen molar-refractivity contribution >= 4 is 11.8 Å². The average molecular weight is 448 g/mol. The highest BCUT2D eigenvalue weighted by molar-refractivity contribution is 7.99. The van der Waals surface area contributed by atoms with Crippen LogP contribution in [0.5, 0.6) is 5.75 Å². The number of hydrogen-bond acceptors (Lipinski definition) is 6. The Hall–Kier alpha value is -1.57. The molecule has 0 saturated heterocycles. The zero-order valence-electron chi connectivity index (χ0n) is 18.6. The van der Waals surface area contributed by atoms with Crippen LogP contribution in [0.2, 0.25) is 0 Å². The van der Waals surface area contributed by atoms with Gasteiger partial charge in [-0.15, -0.1) is 11.8 Å². The number of aromatic hydroxyl groups is 1. The fraction of sp³-hybridized carbons (Fsp3) is 0.520. The van der Waals surface area contributed by atoms with Crippen LogP contribution in [0.1, 0.15) is 54.9 Å². The zero-order chi connectivity index (χ0) is 22.3. The number of aryl methyl sites for hydroxylation is 1. The third-order valence-electron chi connectivity index (χ3n) is 5.11. The molecule has 4 N–H and O–H groups in total. The van der Waals surface area contributed by atoms with Gasteiger partial charge in [-0.3, -0.25) is 0 Å². The van der Waals surface area contributed by atoms with E-state index in [0.29, 0.717) is 17.7 Å². The lowest BCUT2D eigenvalue weighted by Crippen LogP contribution is -2.22. The second-order valence-electron chi connectivity index (χ2n) is 7.81. The molecule has 0 aliphatic rings. The monoisotopic (exact) mass is 447 g/mol. The summed E-state index contributed by atoms with van der Waals surface area (Å²) in [4.78, 5) is 1.32. The maximum Gasteiger partial charge on any atom is 0.121 e. The van der Waals surface area contributed by atoms with Gasteiger partial charge in [0.2, 0.25) is 0 Å². The standard InChI is InChI=1S/C25H37NO4S/c1-20-7-10-23(11-8-20)31-16-6-15-30-14-5-3-2-4-13-26-18-25(29)21-9-12-24(28)22(17-21)19-27/h7-12,17,25-29H,2-6,13-16,18-19H2,1H3. The molecule has 6 heteroatoms. The van der Waals surface area contributed by atoms with E-state index in [4.69, 9.17) is 4.74 Å². The molecule has 5 nitrogen and oxygen atoms in total. The van der Waals surface area contributed by atoms with Crippen LogP contribution in [0, 0.1) is 6.92 Å². The molecule has 0 spiro atoms. The molecule has 1 unspecified atom stereocenters. The minimum Gasteiger partial charge on any atom is -0.508 e. The largest absolute Gasteiger partial charge is 0.508 e. The van der Waals surface area contributed by atoms with Gasteiger partial charge in [-0.05, 0) is 62.6 Å². The van der Waals surface area contributed by atoms with Crippen LogP contribution in [-0.2, 0) is 11.3 Å². The van der Waals surface area contributed by atoms with Crippen LogP contribution in [0.25, 0.3) is 0 Å². The van der Waals surface area contributed by atoms with Crippen molar-refractivity contribution in [2.75, 3.05) is 32.1 Å². The minimum absolute atomic E-state index is 0.0523. The van der Waals surface area contributed by atoms with E-state index in [9.17, 15) is 15.3 Å². The molecular weight excluding hydrogens is 410 g/mol. The van der Waals surface area contributed by atoms with E-state index in [0.717, 1.165) is 57.6 Å². The average Bonchev–Trinajstić information content (AvgIpc) is 2.78. The molecule has 0 radical (unpaired) electrons. The summed E-state index contributed by atoms with van der Waals surface area (Å²) in [6.07, 6.45) is 4.88. The number of thioether (sulfide) groups is 1. The van der Waals surface area contributed by atoms with Gasteiger partial charge < -0.3 is 25.4 Å². The summed E-state index contributed by atoms with van der Waals surface area (Å²) in [5, 5.41) is 32.3. The van der Waals surface area contributed by atoms with E-state index in [1.165, 1.54) is 16.5 Å². The van der Waals surface area contributed by atoms with Crippen LogP contribution in [0.4, 0.5) is 0 Å². The summed E-state index contributed by atoms with van der Waals surface area (Å²) in [5.74, 6) is 1.14. The molecule has 0 aliphatic carbocycles. The number of benzene rings is 2. The van der Waals surface area contributed by atoms with E-state index in [1.54, 1.807) is 12.1 Å². The fourth-order valence-electron chi connectivity index (χ4n) is 3.19. The first kappa shape index (κ1) is 25.7. The van der Waals surface area contributed by atoms with Crippen molar-refractivity contribution in [3.8, 4) is 5.75 Å². The second-order valence-corrected chi connectivity index (χ2v) is 8.98.